The predicted molar refractivity (Wildman–Crippen MR) is 104 cm³/mol. The second kappa shape index (κ2) is 7.39. The first kappa shape index (κ1) is 19.2. The third-order valence-corrected chi connectivity index (χ3v) is 7.92. The molecule has 0 N–H and O–H groups in total. The van der Waals surface area contributed by atoms with Crippen molar-refractivity contribution in [2.24, 2.45) is 5.92 Å². The molecular formula is C20H26N2O5S. The van der Waals surface area contributed by atoms with Crippen LogP contribution in [0.3, 0.4) is 0 Å². The van der Waals surface area contributed by atoms with Crippen LogP contribution in [0.2, 0.25) is 0 Å². The molecule has 0 radical (unpaired) electrons. The van der Waals surface area contributed by atoms with Gasteiger partial charge in [0.1, 0.15) is 0 Å². The van der Waals surface area contributed by atoms with E-state index in [0.29, 0.717) is 36.1 Å². The molecule has 7 nitrogen and oxygen atoms in total. The molecule has 2 heterocycles. The lowest BCUT2D eigenvalue weighted by atomic mass is 9.78. The van der Waals surface area contributed by atoms with Crippen molar-refractivity contribution in [1.82, 2.24) is 10.1 Å². The first-order valence-electron chi connectivity index (χ1n) is 9.72. The molecule has 1 saturated carbocycles. The number of hydrogen-bond acceptors (Lipinski definition) is 7. The van der Waals surface area contributed by atoms with Crippen molar-refractivity contribution >= 4 is 9.84 Å². The fraction of sp³-hybridized carbons (Fsp3) is 0.600. The Morgan fingerprint density at radius 1 is 1.18 bits per heavy atom. The summed E-state index contributed by atoms with van der Waals surface area (Å²) in [5.74, 6) is 3.14. The van der Waals surface area contributed by atoms with Crippen molar-refractivity contribution in [3.8, 4) is 11.5 Å². The summed E-state index contributed by atoms with van der Waals surface area (Å²) in [7, 11) is 0.343. The number of hydrogen-bond donors (Lipinski definition) is 0. The molecule has 1 aromatic heterocycles. The Morgan fingerprint density at radius 3 is 2.57 bits per heavy atom. The summed E-state index contributed by atoms with van der Waals surface area (Å²) in [6.07, 6.45) is 5.27. The van der Waals surface area contributed by atoms with Crippen LogP contribution in [0.1, 0.15) is 49.4 Å². The van der Waals surface area contributed by atoms with Crippen LogP contribution in [0.25, 0.3) is 0 Å². The highest BCUT2D eigenvalue weighted by Gasteiger charge is 2.42. The normalized spacial score (nSPS) is 23.0. The fourth-order valence-corrected chi connectivity index (χ4v) is 6.43. The van der Waals surface area contributed by atoms with Crippen LogP contribution in [-0.4, -0.2) is 44.3 Å². The molecule has 1 aromatic carbocycles. The molecule has 1 aliphatic carbocycles. The Kier molecular flexibility index (Phi) is 5.07. The molecule has 1 atom stereocenters. The van der Waals surface area contributed by atoms with E-state index in [0.717, 1.165) is 31.2 Å². The van der Waals surface area contributed by atoms with Crippen molar-refractivity contribution in [3.05, 3.63) is 35.5 Å². The van der Waals surface area contributed by atoms with Gasteiger partial charge in [0.05, 0.1) is 31.1 Å². The van der Waals surface area contributed by atoms with E-state index >= 15 is 0 Å². The molecule has 1 unspecified atom stereocenters. The van der Waals surface area contributed by atoms with Crippen molar-refractivity contribution < 1.29 is 22.4 Å². The summed E-state index contributed by atoms with van der Waals surface area (Å²) in [6.45, 7) is 0. The highest BCUT2D eigenvalue weighted by Crippen LogP contribution is 2.47. The Balaban J connectivity index is 1.63. The monoisotopic (exact) mass is 406 g/mol. The second-order valence-electron chi connectivity index (χ2n) is 7.84. The van der Waals surface area contributed by atoms with Gasteiger partial charge in [-0.15, -0.1) is 0 Å². The quantitative estimate of drug-likeness (QED) is 0.728. The van der Waals surface area contributed by atoms with Gasteiger partial charge in [-0.3, -0.25) is 0 Å². The third-order valence-electron chi connectivity index (χ3n) is 6.08. The van der Waals surface area contributed by atoms with E-state index in [1.165, 1.54) is 0 Å². The summed E-state index contributed by atoms with van der Waals surface area (Å²) in [5.41, 5.74) is 0.793. The molecule has 4 rings (SSSR count). The second-order valence-corrected chi connectivity index (χ2v) is 10.1. The van der Waals surface area contributed by atoms with Crippen LogP contribution < -0.4 is 9.47 Å². The van der Waals surface area contributed by atoms with Gasteiger partial charge >= 0.3 is 0 Å². The molecule has 2 fully saturated rings. The minimum Gasteiger partial charge on any atom is -0.493 e. The number of benzene rings is 1. The molecular weight excluding hydrogens is 380 g/mol. The lowest BCUT2D eigenvalue weighted by Gasteiger charge is -2.26. The largest absolute Gasteiger partial charge is 0.493 e. The predicted octanol–water partition coefficient (Wildman–Crippen LogP) is 2.92. The molecule has 1 aliphatic heterocycles. The minimum atomic E-state index is -2.91. The van der Waals surface area contributed by atoms with E-state index in [4.69, 9.17) is 19.0 Å². The van der Waals surface area contributed by atoms with Crippen molar-refractivity contribution in [2.75, 3.05) is 25.7 Å². The van der Waals surface area contributed by atoms with Crippen LogP contribution in [0.4, 0.5) is 0 Å². The SMILES string of the molecule is COc1ccc(C2(c3noc(CC4CCS(=O)(=O)C4)n3)CCCC2)cc1OC. The van der Waals surface area contributed by atoms with E-state index in [9.17, 15) is 8.42 Å². The van der Waals surface area contributed by atoms with Gasteiger partial charge < -0.3 is 14.0 Å². The summed E-state index contributed by atoms with van der Waals surface area (Å²) in [5, 5.41) is 4.32. The molecule has 1 saturated heterocycles. The molecule has 8 heteroatoms. The van der Waals surface area contributed by atoms with Crippen molar-refractivity contribution in [1.29, 1.82) is 0 Å². The number of ether oxygens (including phenoxy) is 2. The number of aromatic nitrogens is 2. The summed E-state index contributed by atoms with van der Waals surface area (Å²) in [4.78, 5) is 4.71. The summed E-state index contributed by atoms with van der Waals surface area (Å²) < 4.78 is 39.8. The van der Waals surface area contributed by atoms with E-state index in [1.54, 1.807) is 14.2 Å². The topological polar surface area (TPSA) is 91.5 Å². The van der Waals surface area contributed by atoms with Crippen molar-refractivity contribution in [3.63, 3.8) is 0 Å². The third kappa shape index (κ3) is 3.50. The zero-order chi connectivity index (χ0) is 19.8. The van der Waals surface area contributed by atoms with Crippen LogP contribution in [0, 0.1) is 5.92 Å². The molecule has 0 amide bonds. The van der Waals surface area contributed by atoms with Crippen LogP contribution in [0.5, 0.6) is 11.5 Å². The molecule has 0 bridgehead atoms. The number of methoxy groups -OCH3 is 2. The Morgan fingerprint density at radius 2 is 1.93 bits per heavy atom. The summed E-state index contributed by atoms with van der Waals surface area (Å²) in [6, 6.07) is 5.97. The van der Waals surface area contributed by atoms with Gasteiger partial charge in [-0.25, -0.2) is 8.42 Å². The van der Waals surface area contributed by atoms with Gasteiger partial charge in [-0.05, 0) is 42.9 Å². The maximum absolute atomic E-state index is 11.7. The van der Waals surface area contributed by atoms with Gasteiger partial charge in [-0.2, -0.15) is 4.98 Å². The Bertz CT molecular complexity index is 947. The highest BCUT2D eigenvalue weighted by atomic mass is 32.2. The van der Waals surface area contributed by atoms with Gasteiger partial charge in [0, 0.05) is 6.42 Å². The minimum absolute atomic E-state index is 0.0684. The Hall–Kier alpha value is -2.09. The highest BCUT2D eigenvalue weighted by molar-refractivity contribution is 7.91. The maximum Gasteiger partial charge on any atom is 0.226 e. The average molecular weight is 407 g/mol. The van der Waals surface area contributed by atoms with Crippen LogP contribution >= 0.6 is 0 Å². The molecule has 152 valence electrons. The Labute approximate surface area is 165 Å². The maximum atomic E-state index is 11.7. The summed E-state index contributed by atoms with van der Waals surface area (Å²) >= 11 is 0. The van der Waals surface area contributed by atoms with Crippen LogP contribution in [0.15, 0.2) is 22.7 Å². The average Bonchev–Trinajstić information content (AvgIpc) is 3.42. The number of rotatable bonds is 6. The van der Waals surface area contributed by atoms with Gasteiger partial charge in [-0.1, -0.05) is 24.1 Å². The lowest BCUT2D eigenvalue weighted by Crippen LogP contribution is -2.25. The van der Waals surface area contributed by atoms with E-state index in [2.05, 4.69) is 5.16 Å². The van der Waals surface area contributed by atoms with E-state index < -0.39 is 9.84 Å². The van der Waals surface area contributed by atoms with Crippen LogP contribution in [-0.2, 0) is 21.7 Å². The van der Waals surface area contributed by atoms with E-state index in [1.807, 2.05) is 18.2 Å². The van der Waals surface area contributed by atoms with Crippen molar-refractivity contribution in [2.45, 2.75) is 43.9 Å². The lowest BCUT2D eigenvalue weighted by molar-refractivity contribution is 0.343. The molecule has 2 aliphatic rings. The number of nitrogens with zero attached hydrogens (tertiary/aromatic N) is 2. The van der Waals surface area contributed by atoms with Gasteiger partial charge in [0.25, 0.3) is 0 Å². The molecule has 0 spiro atoms. The standard InChI is InChI=1S/C20H26N2O5S/c1-25-16-6-5-15(12-17(16)26-2)20(8-3-4-9-20)19-21-18(27-22-19)11-14-7-10-28(23,24)13-14/h5-6,12,14H,3-4,7-11,13H2,1-2H3. The fourth-order valence-electron chi connectivity index (χ4n) is 4.57. The molecule has 28 heavy (non-hydrogen) atoms. The van der Waals surface area contributed by atoms with Gasteiger partial charge in [0.15, 0.2) is 27.2 Å². The van der Waals surface area contributed by atoms with E-state index in [-0.39, 0.29) is 22.8 Å². The van der Waals surface area contributed by atoms with Gasteiger partial charge in [0.2, 0.25) is 5.89 Å². The zero-order valence-electron chi connectivity index (χ0n) is 16.3. The first-order chi connectivity index (χ1) is 13.5. The zero-order valence-corrected chi connectivity index (χ0v) is 17.1. The molecule has 2 aromatic rings. The number of sulfone groups is 1. The first-order valence-corrected chi connectivity index (χ1v) is 11.5. The smallest absolute Gasteiger partial charge is 0.226 e.